The van der Waals surface area contributed by atoms with Gasteiger partial charge in [-0.2, -0.15) is 0 Å². The quantitative estimate of drug-likeness (QED) is 0.887. The van der Waals surface area contributed by atoms with E-state index < -0.39 is 12.0 Å². The lowest BCUT2D eigenvalue weighted by atomic mass is 10.2. The van der Waals surface area contributed by atoms with E-state index >= 15 is 0 Å². The third-order valence-electron chi connectivity index (χ3n) is 3.12. The van der Waals surface area contributed by atoms with E-state index in [1.807, 2.05) is 12.1 Å². The molecule has 1 aromatic carbocycles. The van der Waals surface area contributed by atoms with Crippen molar-refractivity contribution in [1.82, 2.24) is 4.90 Å². The fourth-order valence-corrected chi connectivity index (χ4v) is 2.48. The fraction of sp³-hybridized carbons (Fsp3) is 0.385. The molecule has 1 heterocycles. The van der Waals surface area contributed by atoms with Crippen LogP contribution in [0.25, 0.3) is 0 Å². The molecule has 0 aromatic heterocycles. The molecule has 1 fully saturated rings. The van der Waals surface area contributed by atoms with Crippen molar-refractivity contribution in [3.8, 4) is 0 Å². The minimum absolute atomic E-state index is 0.118. The number of hydrogen-bond donors (Lipinski definition) is 2. The van der Waals surface area contributed by atoms with Gasteiger partial charge in [0.2, 0.25) is 5.91 Å². The van der Waals surface area contributed by atoms with E-state index in [2.05, 4.69) is 21.2 Å². The molecule has 1 saturated heterocycles. The second-order valence-corrected chi connectivity index (χ2v) is 5.44. The molecule has 0 unspecified atom stereocenters. The molecule has 1 atom stereocenters. The number of carboxylic acid groups (broad SMARTS) is 1. The zero-order valence-corrected chi connectivity index (χ0v) is 11.9. The fourth-order valence-electron chi connectivity index (χ4n) is 2.21. The SMILES string of the molecule is O=C(CN1CCC[C@@H]1C(=O)O)Nc1ccc(Br)cc1. The number of carboxylic acids is 1. The molecule has 6 heteroatoms. The largest absolute Gasteiger partial charge is 0.480 e. The van der Waals surface area contributed by atoms with Crippen LogP contribution in [0.2, 0.25) is 0 Å². The van der Waals surface area contributed by atoms with Crippen LogP contribution in [0.1, 0.15) is 12.8 Å². The molecule has 2 N–H and O–H groups in total. The summed E-state index contributed by atoms with van der Waals surface area (Å²) in [5.41, 5.74) is 0.708. The summed E-state index contributed by atoms with van der Waals surface area (Å²) in [4.78, 5) is 24.6. The lowest BCUT2D eigenvalue weighted by Gasteiger charge is -2.20. The number of halogens is 1. The van der Waals surface area contributed by atoms with E-state index in [1.54, 1.807) is 17.0 Å². The van der Waals surface area contributed by atoms with E-state index in [-0.39, 0.29) is 12.5 Å². The lowest BCUT2D eigenvalue weighted by molar-refractivity contribution is -0.142. The zero-order valence-electron chi connectivity index (χ0n) is 10.3. The summed E-state index contributed by atoms with van der Waals surface area (Å²) >= 11 is 3.32. The third kappa shape index (κ3) is 3.78. The summed E-state index contributed by atoms with van der Waals surface area (Å²) in [5.74, 6) is -1.04. The second-order valence-electron chi connectivity index (χ2n) is 4.52. The maximum atomic E-state index is 11.9. The van der Waals surface area contributed by atoms with Gasteiger partial charge >= 0.3 is 5.97 Å². The molecule has 1 aliphatic rings. The number of nitrogens with zero attached hydrogens (tertiary/aromatic N) is 1. The summed E-state index contributed by atoms with van der Waals surface area (Å²) in [6.45, 7) is 0.776. The molecule has 1 aliphatic heterocycles. The van der Waals surface area contributed by atoms with Crippen molar-refractivity contribution in [1.29, 1.82) is 0 Å². The molecule has 102 valence electrons. The molecule has 19 heavy (non-hydrogen) atoms. The predicted octanol–water partition coefficient (Wildman–Crippen LogP) is 1.94. The molecule has 0 radical (unpaired) electrons. The number of benzene rings is 1. The van der Waals surface area contributed by atoms with Gasteiger partial charge in [0.1, 0.15) is 6.04 Å². The van der Waals surface area contributed by atoms with Crippen LogP contribution in [-0.4, -0.2) is 41.0 Å². The maximum Gasteiger partial charge on any atom is 0.320 e. The van der Waals surface area contributed by atoms with Gasteiger partial charge in [0, 0.05) is 10.2 Å². The smallest absolute Gasteiger partial charge is 0.320 e. The van der Waals surface area contributed by atoms with E-state index in [9.17, 15) is 9.59 Å². The topological polar surface area (TPSA) is 69.6 Å². The van der Waals surface area contributed by atoms with E-state index in [4.69, 9.17) is 5.11 Å². The zero-order chi connectivity index (χ0) is 13.8. The molecule has 0 bridgehead atoms. The number of aliphatic carboxylic acids is 1. The molecule has 2 rings (SSSR count). The standard InChI is InChI=1S/C13H15BrN2O3/c14-9-3-5-10(6-4-9)15-12(17)8-16-7-1-2-11(16)13(18)19/h3-6,11H,1-2,7-8H2,(H,15,17)(H,18,19)/t11-/m1/s1. The lowest BCUT2D eigenvalue weighted by Crippen LogP contribution is -2.40. The minimum atomic E-state index is -0.853. The molecular weight excluding hydrogens is 312 g/mol. The number of carbonyl (C=O) groups excluding carboxylic acids is 1. The van der Waals surface area contributed by atoms with Gasteiger partial charge < -0.3 is 10.4 Å². The summed E-state index contributed by atoms with van der Waals surface area (Å²) in [6.07, 6.45) is 1.43. The van der Waals surface area contributed by atoms with E-state index in [1.165, 1.54) is 0 Å². The van der Waals surface area contributed by atoms with Gasteiger partial charge in [-0.05, 0) is 43.7 Å². The Morgan fingerprint density at radius 1 is 1.37 bits per heavy atom. The first-order valence-corrected chi connectivity index (χ1v) is 6.88. The second kappa shape index (κ2) is 6.16. The minimum Gasteiger partial charge on any atom is -0.480 e. The first-order chi connectivity index (χ1) is 9.06. The first kappa shape index (κ1) is 14.0. The summed E-state index contributed by atoms with van der Waals surface area (Å²) in [6, 6.07) is 6.73. The Hall–Kier alpha value is -1.40. The van der Waals surface area contributed by atoms with Gasteiger partial charge in [-0.1, -0.05) is 15.9 Å². The molecule has 1 aromatic rings. The molecule has 0 spiro atoms. The number of anilines is 1. The van der Waals surface area contributed by atoms with Crippen molar-refractivity contribution in [2.24, 2.45) is 0 Å². The van der Waals surface area contributed by atoms with Crippen LogP contribution in [0, 0.1) is 0 Å². The Bertz CT molecular complexity index is 475. The number of nitrogens with one attached hydrogen (secondary N) is 1. The summed E-state index contributed by atoms with van der Waals surface area (Å²) in [7, 11) is 0. The number of hydrogen-bond acceptors (Lipinski definition) is 3. The van der Waals surface area contributed by atoms with Crippen LogP contribution in [0.4, 0.5) is 5.69 Å². The van der Waals surface area contributed by atoms with Crippen LogP contribution in [-0.2, 0) is 9.59 Å². The van der Waals surface area contributed by atoms with Crippen molar-refractivity contribution in [3.63, 3.8) is 0 Å². The Kier molecular flexibility index (Phi) is 4.55. The summed E-state index contributed by atoms with van der Waals surface area (Å²) in [5, 5.41) is 11.8. The summed E-state index contributed by atoms with van der Waals surface area (Å²) < 4.78 is 0.941. The van der Waals surface area contributed by atoms with E-state index in [0.29, 0.717) is 18.7 Å². The van der Waals surface area contributed by atoms with Crippen molar-refractivity contribution >= 4 is 33.5 Å². The Balaban J connectivity index is 1.90. The highest BCUT2D eigenvalue weighted by Crippen LogP contribution is 2.18. The van der Waals surface area contributed by atoms with E-state index in [0.717, 1.165) is 10.9 Å². The van der Waals surface area contributed by atoms with Crippen LogP contribution in [0.5, 0.6) is 0 Å². The number of likely N-dealkylation sites (tertiary alicyclic amines) is 1. The molecule has 5 nitrogen and oxygen atoms in total. The molecule has 0 aliphatic carbocycles. The van der Waals surface area contributed by atoms with Crippen molar-refractivity contribution in [2.75, 3.05) is 18.4 Å². The predicted molar refractivity (Wildman–Crippen MR) is 75.0 cm³/mol. The monoisotopic (exact) mass is 326 g/mol. The molecule has 1 amide bonds. The van der Waals surface area contributed by atoms with Crippen LogP contribution in [0.15, 0.2) is 28.7 Å². The highest BCUT2D eigenvalue weighted by molar-refractivity contribution is 9.10. The normalized spacial score (nSPS) is 19.3. The number of amides is 1. The average Bonchev–Trinajstić information content (AvgIpc) is 2.80. The van der Waals surface area contributed by atoms with Crippen molar-refractivity contribution in [2.45, 2.75) is 18.9 Å². The van der Waals surface area contributed by atoms with Crippen molar-refractivity contribution < 1.29 is 14.7 Å². The van der Waals surface area contributed by atoms with Crippen molar-refractivity contribution in [3.05, 3.63) is 28.7 Å². The molecule has 0 saturated carbocycles. The first-order valence-electron chi connectivity index (χ1n) is 6.08. The van der Waals surface area contributed by atoms with Gasteiger partial charge in [0.25, 0.3) is 0 Å². The average molecular weight is 327 g/mol. The Morgan fingerprint density at radius 3 is 2.68 bits per heavy atom. The van der Waals surface area contributed by atoms with Gasteiger partial charge in [-0.15, -0.1) is 0 Å². The number of rotatable bonds is 4. The van der Waals surface area contributed by atoms with Crippen LogP contribution < -0.4 is 5.32 Å². The van der Waals surface area contributed by atoms with Gasteiger partial charge in [-0.25, -0.2) is 0 Å². The Morgan fingerprint density at radius 2 is 2.05 bits per heavy atom. The highest BCUT2D eigenvalue weighted by Gasteiger charge is 2.31. The van der Waals surface area contributed by atoms with Gasteiger partial charge in [0.05, 0.1) is 6.54 Å². The highest BCUT2D eigenvalue weighted by atomic mass is 79.9. The van der Waals surface area contributed by atoms with Crippen LogP contribution in [0.3, 0.4) is 0 Å². The van der Waals surface area contributed by atoms with Gasteiger partial charge in [-0.3, -0.25) is 14.5 Å². The van der Waals surface area contributed by atoms with Crippen LogP contribution >= 0.6 is 15.9 Å². The maximum absolute atomic E-state index is 11.9. The number of carbonyl (C=O) groups is 2. The Labute approximate surface area is 119 Å². The molecular formula is C13H15BrN2O3. The third-order valence-corrected chi connectivity index (χ3v) is 3.65. The van der Waals surface area contributed by atoms with Gasteiger partial charge in [0.15, 0.2) is 0 Å².